The second-order valence-corrected chi connectivity index (χ2v) is 13.7. The molecule has 274 valence electrons. The fourth-order valence-electron chi connectivity index (χ4n) is 6.23. The Morgan fingerprint density at radius 3 is 2.45 bits per heavy atom. The van der Waals surface area contributed by atoms with Gasteiger partial charge in [0.1, 0.15) is 0 Å². The molecule has 0 aliphatic heterocycles. The number of anilines is 1. The highest BCUT2D eigenvalue weighted by Crippen LogP contribution is 2.41. The molecule has 0 fully saturated rings. The number of para-hydroxylation sites is 1. The second-order valence-electron chi connectivity index (χ2n) is 13.7. The van der Waals surface area contributed by atoms with Gasteiger partial charge >= 0.3 is 0 Å². The molecule has 0 aromatic heterocycles. The van der Waals surface area contributed by atoms with Crippen molar-refractivity contribution < 1.29 is 0 Å². The minimum absolute atomic E-state index is 0.528. The molecule has 2 heteroatoms. The van der Waals surface area contributed by atoms with E-state index in [9.17, 15) is 0 Å². The van der Waals surface area contributed by atoms with Crippen molar-refractivity contribution in [2.24, 2.45) is 11.3 Å². The van der Waals surface area contributed by atoms with Crippen LogP contribution in [0.25, 0.3) is 11.6 Å². The van der Waals surface area contributed by atoms with Gasteiger partial charge in [-0.2, -0.15) is 0 Å². The van der Waals surface area contributed by atoms with Gasteiger partial charge in [0.05, 0.1) is 5.70 Å². The van der Waals surface area contributed by atoms with Crippen molar-refractivity contribution in [1.29, 1.82) is 0 Å². The number of hydrogen-bond acceptors (Lipinski definition) is 2. The van der Waals surface area contributed by atoms with E-state index in [1.54, 1.807) is 6.08 Å². The van der Waals surface area contributed by atoms with Crippen molar-refractivity contribution in [3.8, 4) is 0 Å². The lowest BCUT2D eigenvalue weighted by atomic mass is 9.75. The van der Waals surface area contributed by atoms with Crippen LogP contribution in [0.5, 0.6) is 0 Å². The molecular weight excluding hydrogens is 665 g/mol. The van der Waals surface area contributed by atoms with Crippen LogP contribution < -0.4 is 10.6 Å². The van der Waals surface area contributed by atoms with Crippen LogP contribution >= 0.6 is 0 Å². The summed E-state index contributed by atoms with van der Waals surface area (Å²) in [7, 11) is 0. The minimum atomic E-state index is -0.560. The summed E-state index contributed by atoms with van der Waals surface area (Å²) in [6, 6.07) is 16.8. The SMILES string of the molecule is C=C/C=C\C=Cc1cc(C)cc(C(/C=C\C(C)(/C=C\C=C)/C(=C/C=C\C)C(=C)C2=C(Nc3ccccc3)C=C=C2)=C/C=C/NC2=CC=C(/C=C/C3C=C3)C2)c1. The molecule has 0 saturated heterocycles. The van der Waals surface area contributed by atoms with Gasteiger partial charge in [-0.15, -0.1) is 5.73 Å². The fourth-order valence-corrected chi connectivity index (χ4v) is 6.23. The van der Waals surface area contributed by atoms with Crippen LogP contribution in [0.1, 0.15) is 37.0 Å². The highest BCUT2D eigenvalue weighted by atomic mass is 14.9. The van der Waals surface area contributed by atoms with E-state index in [-0.39, 0.29) is 0 Å². The first-order valence-electron chi connectivity index (χ1n) is 18.8. The van der Waals surface area contributed by atoms with Gasteiger partial charge in [-0.3, -0.25) is 0 Å². The maximum Gasteiger partial charge on any atom is 0.0548 e. The van der Waals surface area contributed by atoms with E-state index in [0.717, 1.165) is 51.2 Å². The van der Waals surface area contributed by atoms with Crippen LogP contribution in [0.3, 0.4) is 0 Å². The molecule has 2 N–H and O–H groups in total. The summed E-state index contributed by atoms with van der Waals surface area (Å²) in [6.07, 6.45) is 51.0. The zero-order valence-electron chi connectivity index (χ0n) is 32.4. The molecule has 55 heavy (non-hydrogen) atoms. The van der Waals surface area contributed by atoms with Crippen LogP contribution in [0.2, 0.25) is 0 Å². The summed E-state index contributed by atoms with van der Waals surface area (Å²) in [4.78, 5) is 0. The van der Waals surface area contributed by atoms with Gasteiger partial charge in [-0.25, -0.2) is 0 Å². The van der Waals surface area contributed by atoms with Crippen molar-refractivity contribution in [3.05, 3.63) is 264 Å². The van der Waals surface area contributed by atoms with Crippen LogP contribution in [0.4, 0.5) is 5.69 Å². The van der Waals surface area contributed by atoms with Gasteiger partial charge in [0.2, 0.25) is 0 Å². The van der Waals surface area contributed by atoms with Gasteiger partial charge in [0.25, 0.3) is 0 Å². The highest BCUT2D eigenvalue weighted by molar-refractivity contribution is 5.78. The molecule has 1 atom stereocenters. The molecule has 0 saturated carbocycles. The maximum absolute atomic E-state index is 4.68. The lowest BCUT2D eigenvalue weighted by molar-refractivity contribution is 0.673. The zero-order chi connectivity index (χ0) is 38.9. The van der Waals surface area contributed by atoms with E-state index in [1.165, 1.54) is 16.8 Å². The third-order valence-electron chi connectivity index (χ3n) is 9.23. The molecule has 3 aliphatic carbocycles. The van der Waals surface area contributed by atoms with Gasteiger partial charge in [-0.05, 0) is 96.2 Å². The quantitative estimate of drug-likeness (QED) is 0.0859. The Labute approximate surface area is 329 Å². The first kappa shape index (κ1) is 39.6. The van der Waals surface area contributed by atoms with Crippen molar-refractivity contribution >= 4 is 17.3 Å². The normalized spacial score (nSPS) is 17.3. The third kappa shape index (κ3) is 12.0. The zero-order valence-corrected chi connectivity index (χ0v) is 32.4. The molecule has 2 aromatic carbocycles. The summed E-state index contributed by atoms with van der Waals surface area (Å²) in [5.41, 5.74) is 14.6. The summed E-state index contributed by atoms with van der Waals surface area (Å²) in [6.45, 7) is 18.9. The number of allylic oxidation sites excluding steroid dienone is 26. The molecular formula is C53H52N2. The van der Waals surface area contributed by atoms with Crippen molar-refractivity contribution in [1.82, 2.24) is 5.32 Å². The predicted octanol–water partition coefficient (Wildman–Crippen LogP) is 13.6. The lowest BCUT2D eigenvalue weighted by Gasteiger charge is -2.29. The molecule has 0 bridgehead atoms. The van der Waals surface area contributed by atoms with E-state index < -0.39 is 5.41 Å². The standard InChI is InChI=1S/C53H52N2/c1-7-10-13-15-20-45-37-41(4)38-47(39-45)46(21-19-36-54-49-32-31-44(40-49)30-29-43-27-28-43)33-35-53(6,34-12-9-3)51(25-11-8-2)42(5)50-24-18-26-52(50)55-48-22-16-14-17-23-48/h7-17,19-39,43,54-55H,1,3,5,40H2,2,4,6H3/b11-8-,13-10-,20-15?,30-29+,34-12-,35-33-,36-19+,46-21+,51-25+. The number of benzene rings is 2. The monoisotopic (exact) mass is 716 g/mol. The van der Waals surface area contributed by atoms with E-state index >= 15 is 0 Å². The van der Waals surface area contributed by atoms with Gasteiger partial charge in [0.15, 0.2) is 0 Å². The van der Waals surface area contributed by atoms with Crippen molar-refractivity contribution in [2.75, 3.05) is 5.32 Å². The van der Waals surface area contributed by atoms with Crippen molar-refractivity contribution in [2.45, 2.75) is 27.2 Å². The van der Waals surface area contributed by atoms with E-state index in [1.807, 2.05) is 79.9 Å². The average molecular weight is 717 g/mol. The third-order valence-corrected chi connectivity index (χ3v) is 9.23. The van der Waals surface area contributed by atoms with E-state index in [0.29, 0.717) is 5.92 Å². The molecule has 0 heterocycles. The maximum atomic E-state index is 4.68. The van der Waals surface area contributed by atoms with Crippen LogP contribution in [0, 0.1) is 18.3 Å². The van der Waals surface area contributed by atoms with Crippen LogP contribution in [0.15, 0.2) is 248 Å². The summed E-state index contributed by atoms with van der Waals surface area (Å²) >= 11 is 0. The molecule has 0 spiro atoms. The van der Waals surface area contributed by atoms with Gasteiger partial charge in [0, 0.05) is 47.0 Å². The Morgan fingerprint density at radius 1 is 0.873 bits per heavy atom. The van der Waals surface area contributed by atoms with E-state index in [4.69, 9.17) is 0 Å². The van der Waals surface area contributed by atoms with Gasteiger partial charge in [-0.1, -0.05) is 166 Å². The number of hydrogen-bond donors (Lipinski definition) is 2. The first-order chi connectivity index (χ1) is 26.8. The fraction of sp³-hybridized carbons (Fsp3) is 0.113. The number of rotatable bonds is 19. The summed E-state index contributed by atoms with van der Waals surface area (Å²) in [5.74, 6) is 0.528. The van der Waals surface area contributed by atoms with Gasteiger partial charge < -0.3 is 10.6 Å². The van der Waals surface area contributed by atoms with Crippen LogP contribution in [-0.4, -0.2) is 0 Å². The Hall–Kier alpha value is -6.60. The Kier molecular flexibility index (Phi) is 14.4. The summed E-state index contributed by atoms with van der Waals surface area (Å²) in [5, 5.41) is 7.07. The smallest absolute Gasteiger partial charge is 0.0548 e. The second kappa shape index (κ2) is 20.0. The Balaban J connectivity index is 1.50. The number of aryl methyl sites for hydroxylation is 1. The average Bonchev–Trinajstić information content (AvgIpc) is 3.72. The molecule has 0 radical (unpaired) electrons. The number of nitrogens with one attached hydrogen (secondary N) is 2. The molecule has 3 aliphatic rings. The molecule has 2 aromatic rings. The Bertz CT molecular complexity index is 2230. The summed E-state index contributed by atoms with van der Waals surface area (Å²) < 4.78 is 0. The van der Waals surface area contributed by atoms with Crippen molar-refractivity contribution in [3.63, 3.8) is 0 Å². The van der Waals surface area contributed by atoms with Crippen LogP contribution in [-0.2, 0) is 0 Å². The topological polar surface area (TPSA) is 24.1 Å². The van der Waals surface area contributed by atoms with E-state index in [2.05, 4.69) is 165 Å². The molecule has 2 nitrogen and oxygen atoms in total. The predicted molar refractivity (Wildman–Crippen MR) is 241 cm³/mol. The molecule has 0 amide bonds. The minimum Gasteiger partial charge on any atom is -0.365 e. The lowest BCUT2D eigenvalue weighted by Crippen LogP contribution is -2.17. The Morgan fingerprint density at radius 2 is 1.69 bits per heavy atom. The first-order valence-corrected chi connectivity index (χ1v) is 18.8. The highest BCUT2D eigenvalue weighted by Gasteiger charge is 2.27. The molecule has 1 unspecified atom stereocenters. The largest absolute Gasteiger partial charge is 0.365 e. The molecule has 5 rings (SSSR count).